The van der Waals surface area contributed by atoms with Crippen molar-refractivity contribution < 1.29 is 43.3 Å². The number of carboxylic acid groups (broad SMARTS) is 1. The fraction of sp³-hybridized carbons (Fsp3) is 0.400. The van der Waals surface area contributed by atoms with E-state index in [0.29, 0.717) is 16.6 Å². The largest absolute Gasteiger partial charge is 0.508 e. The molecule has 3 atom stereocenters. The summed E-state index contributed by atoms with van der Waals surface area (Å²) >= 11 is 0. The van der Waals surface area contributed by atoms with Gasteiger partial charge in [0.1, 0.15) is 23.7 Å². The SMILES string of the molecule is CC(C)(CC[C@H](C[C@H](O)[C@H](Cc1cccc(F)c1)NC(=O)c1cnc2ccccc2n1)C(N)=O)OC(=O)OCCC(=O)O. The molecule has 0 fully saturated rings. The number of aliphatic carboxylic acids is 1. The minimum atomic E-state index is -1.29. The summed E-state index contributed by atoms with van der Waals surface area (Å²) in [7, 11) is 0. The highest BCUT2D eigenvalue weighted by Crippen LogP contribution is 2.25. The third kappa shape index (κ3) is 10.6. The summed E-state index contributed by atoms with van der Waals surface area (Å²) in [6.07, 6.45) is -1.28. The highest BCUT2D eigenvalue weighted by atomic mass is 19.1. The van der Waals surface area contributed by atoms with Crippen molar-refractivity contribution in [2.45, 2.75) is 63.7 Å². The van der Waals surface area contributed by atoms with Crippen LogP contribution in [0.2, 0.25) is 0 Å². The molecule has 2 aromatic carbocycles. The number of rotatable bonds is 15. The molecule has 13 heteroatoms. The molecule has 3 rings (SSSR count). The maximum absolute atomic E-state index is 13.9. The average molecular weight is 599 g/mol. The Morgan fingerprint density at radius 2 is 1.81 bits per heavy atom. The van der Waals surface area contributed by atoms with E-state index in [2.05, 4.69) is 15.3 Å². The van der Waals surface area contributed by atoms with Gasteiger partial charge in [0.15, 0.2) is 0 Å². The van der Waals surface area contributed by atoms with Gasteiger partial charge in [0.2, 0.25) is 5.91 Å². The van der Waals surface area contributed by atoms with Gasteiger partial charge in [0, 0.05) is 5.92 Å². The highest BCUT2D eigenvalue weighted by Gasteiger charge is 2.31. The molecule has 0 unspecified atom stereocenters. The number of primary amides is 1. The van der Waals surface area contributed by atoms with Crippen LogP contribution in [0.5, 0.6) is 0 Å². The molecule has 12 nitrogen and oxygen atoms in total. The summed E-state index contributed by atoms with van der Waals surface area (Å²) in [5, 5.41) is 22.6. The van der Waals surface area contributed by atoms with Gasteiger partial charge in [-0.2, -0.15) is 0 Å². The van der Waals surface area contributed by atoms with Gasteiger partial charge in [-0.05, 0) is 69.4 Å². The number of nitrogens with one attached hydrogen (secondary N) is 1. The molecule has 3 aromatic rings. The first-order valence-electron chi connectivity index (χ1n) is 13.6. The summed E-state index contributed by atoms with van der Waals surface area (Å²) in [6, 6.07) is 11.7. The van der Waals surface area contributed by atoms with Crippen LogP contribution in [-0.2, 0) is 25.5 Å². The van der Waals surface area contributed by atoms with Gasteiger partial charge in [0.05, 0.1) is 35.8 Å². The van der Waals surface area contributed by atoms with Crippen LogP contribution in [0.4, 0.5) is 9.18 Å². The first kappa shape index (κ1) is 32.9. The Hall–Kier alpha value is -4.65. The Morgan fingerprint density at radius 1 is 1.09 bits per heavy atom. The van der Waals surface area contributed by atoms with Crippen LogP contribution < -0.4 is 11.1 Å². The molecule has 0 saturated heterocycles. The topological polar surface area (TPSA) is 191 Å². The van der Waals surface area contributed by atoms with E-state index in [1.165, 1.54) is 24.4 Å². The summed E-state index contributed by atoms with van der Waals surface area (Å²) in [5.41, 5.74) is 6.14. The summed E-state index contributed by atoms with van der Waals surface area (Å²) in [5.74, 6) is -3.84. The summed E-state index contributed by atoms with van der Waals surface area (Å²) in [4.78, 5) is 56.6. The normalized spacial score (nSPS) is 13.5. The van der Waals surface area contributed by atoms with Crippen LogP contribution >= 0.6 is 0 Å². The van der Waals surface area contributed by atoms with Gasteiger partial charge < -0.3 is 30.7 Å². The molecule has 0 aliphatic rings. The molecule has 0 spiro atoms. The Labute approximate surface area is 247 Å². The molecule has 0 radical (unpaired) electrons. The third-order valence-electron chi connectivity index (χ3n) is 6.73. The smallest absolute Gasteiger partial charge is 0.481 e. The van der Waals surface area contributed by atoms with Crippen molar-refractivity contribution in [3.8, 4) is 0 Å². The number of para-hydroxylation sites is 2. The first-order valence-corrected chi connectivity index (χ1v) is 13.6. The zero-order valence-corrected chi connectivity index (χ0v) is 23.9. The van der Waals surface area contributed by atoms with E-state index in [0.717, 1.165) is 0 Å². The third-order valence-corrected chi connectivity index (χ3v) is 6.73. The van der Waals surface area contributed by atoms with Gasteiger partial charge in [-0.15, -0.1) is 0 Å². The molecular formula is C30H35FN4O8. The van der Waals surface area contributed by atoms with Crippen molar-refractivity contribution in [1.29, 1.82) is 0 Å². The quantitative estimate of drug-likeness (QED) is 0.189. The minimum absolute atomic E-state index is 0.00994. The molecular weight excluding hydrogens is 563 g/mol. The number of fused-ring (bicyclic) bond motifs is 1. The maximum Gasteiger partial charge on any atom is 0.508 e. The number of benzene rings is 2. The fourth-order valence-corrected chi connectivity index (χ4v) is 4.39. The summed E-state index contributed by atoms with van der Waals surface area (Å²) in [6.45, 7) is 2.80. The second kappa shape index (κ2) is 15.0. The van der Waals surface area contributed by atoms with Crippen LogP contribution in [-0.4, -0.2) is 68.5 Å². The fourth-order valence-electron chi connectivity index (χ4n) is 4.39. The number of hydrogen-bond donors (Lipinski definition) is 4. The number of carbonyl (C=O) groups excluding carboxylic acids is 3. The monoisotopic (exact) mass is 598 g/mol. The van der Waals surface area contributed by atoms with Gasteiger partial charge >= 0.3 is 12.1 Å². The second-order valence-electron chi connectivity index (χ2n) is 10.7. The number of ether oxygens (including phenoxy) is 2. The first-order chi connectivity index (χ1) is 20.3. The molecule has 0 bridgehead atoms. The van der Waals surface area contributed by atoms with Gasteiger partial charge in [-0.3, -0.25) is 19.4 Å². The number of aromatic nitrogens is 2. The van der Waals surface area contributed by atoms with Gasteiger partial charge in [-0.25, -0.2) is 14.2 Å². The number of aliphatic hydroxyl groups is 1. The molecule has 1 aromatic heterocycles. The van der Waals surface area contributed by atoms with E-state index in [9.17, 15) is 28.7 Å². The Morgan fingerprint density at radius 3 is 2.49 bits per heavy atom. The maximum atomic E-state index is 13.9. The predicted molar refractivity (Wildman–Crippen MR) is 152 cm³/mol. The lowest BCUT2D eigenvalue weighted by Crippen LogP contribution is -2.46. The van der Waals surface area contributed by atoms with Crippen molar-refractivity contribution >= 4 is 35.0 Å². The Balaban J connectivity index is 1.71. The molecule has 0 aliphatic carbocycles. The number of nitrogens with two attached hydrogens (primary N) is 1. The minimum Gasteiger partial charge on any atom is -0.481 e. The van der Waals surface area contributed by atoms with Crippen LogP contribution in [0.3, 0.4) is 0 Å². The molecule has 43 heavy (non-hydrogen) atoms. The zero-order chi connectivity index (χ0) is 31.6. The Kier molecular flexibility index (Phi) is 11.5. The van der Waals surface area contributed by atoms with Crippen LogP contribution in [0, 0.1) is 11.7 Å². The number of carboxylic acids is 1. The second-order valence-corrected chi connectivity index (χ2v) is 10.7. The van der Waals surface area contributed by atoms with E-state index < -0.39 is 53.4 Å². The number of nitrogens with zero attached hydrogens (tertiary/aromatic N) is 2. The lowest BCUT2D eigenvalue weighted by atomic mass is 9.87. The van der Waals surface area contributed by atoms with Crippen LogP contribution in [0.15, 0.2) is 54.7 Å². The number of amides is 2. The van der Waals surface area contributed by atoms with Crippen molar-refractivity contribution in [2.75, 3.05) is 6.61 Å². The lowest BCUT2D eigenvalue weighted by molar-refractivity contribution is -0.138. The zero-order valence-electron chi connectivity index (χ0n) is 23.9. The van der Waals surface area contributed by atoms with Crippen LogP contribution in [0.1, 0.15) is 55.6 Å². The molecule has 230 valence electrons. The summed E-state index contributed by atoms with van der Waals surface area (Å²) < 4.78 is 23.9. The van der Waals surface area contributed by atoms with Gasteiger partial charge in [0.25, 0.3) is 5.91 Å². The number of aliphatic hydroxyl groups excluding tert-OH is 1. The van der Waals surface area contributed by atoms with Crippen LogP contribution in [0.25, 0.3) is 11.0 Å². The highest BCUT2D eigenvalue weighted by molar-refractivity contribution is 5.94. The molecule has 0 aliphatic heterocycles. The number of halogens is 1. The lowest BCUT2D eigenvalue weighted by Gasteiger charge is -2.29. The van der Waals surface area contributed by atoms with Crippen molar-refractivity contribution in [2.24, 2.45) is 11.7 Å². The van der Waals surface area contributed by atoms with Gasteiger partial charge in [-0.1, -0.05) is 24.3 Å². The van der Waals surface area contributed by atoms with E-state index >= 15 is 0 Å². The molecule has 2 amide bonds. The predicted octanol–water partition coefficient (Wildman–Crippen LogP) is 3.15. The standard InChI is InChI=1S/C30H35FN4O8/c1-30(2,43-29(41)42-13-11-26(37)38)12-10-19(27(32)39)16-25(36)23(15-18-6-5-7-20(31)14-18)35-28(40)24-17-33-21-8-3-4-9-22(21)34-24/h3-9,14,17,19,23,25,36H,10-13,15-16H2,1-2H3,(H2,32,39)(H,35,40)(H,37,38)/t19-,23+,25+/m1/s1. The van der Waals surface area contributed by atoms with E-state index in [1.54, 1.807) is 44.2 Å². The van der Waals surface area contributed by atoms with E-state index in [1.807, 2.05) is 0 Å². The van der Waals surface area contributed by atoms with Crippen molar-refractivity contribution in [3.05, 3.63) is 71.8 Å². The molecule has 0 saturated carbocycles. The molecule has 5 N–H and O–H groups in total. The Bertz CT molecular complexity index is 1450. The number of carbonyl (C=O) groups is 4. The van der Waals surface area contributed by atoms with E-state index in [4.69, 9.17) is 20.3 Å². The van der Waals surface area contributed by atoms with E-state index in [-0.39, 0.29) is 44.4 Å². The van der Waals surface area contributed by atoms with Crippen molar-refractivity contribution in [3.63, 3.8) is 0 Å². The number of hydrogen-bond acceptors (Lipinski definition) is 9. The average Bonchev–Trinajstić information content (AvgIpc) is 2.93. The van der Waals surface area contributed by atoms with Crippen molar-refractivity contribution in [1.82, 2.24) is 15.3 Å². The molecule has 1 heterocycles.